The van der Waals surface area contributed by atoms with Crippen molar-refractivity contribution in [3.63, 3.8) is 0 Å². The Hall–Kier alpha value is -1.18. The normalized spacial score (nSPS) is 20.4. The molecular formula is C14H24N4O2S. The largest absolute Gasteiger partial charge is 0.369 e. The summed E-state index contributed by atoms with van der Waals surface area (Å²) in [6.45, 7) is 4.02. The SMILES string of the molecule is CCNc1ncccc1S(=O)(=O)NCC1CCCCN1C. The minimum atomic E-state index is -3.54. The molecule has 0 amide bonds. The Morgan fingerprint density at radius 1 is 1.43 bits per heavy atom. The maximum Gasteiger partial charge on any atom is 0.244 e. The molecule has 1 fully saturated rings. The Morgan fingerprint density at radius 3 is 2.95 bits per heavy atom. The van der Waals surface area contributed by atoms with Gasteiger partial charge in [0.25, 0.3) is 0 Å². The number of piperidine rings is 1. The van der Waals surface area contributed by atoms with Crippen LogP contribution in [0, 0.1) is 0 Å². The summed E-state index contributed by atoms with van der Waals surface area (Å²) >= 11 is 0. The second-order valence-corrected chi connectivity index (χ2v) is 7.10. The predicted molar refractivity (Wildman–Crippen MR) is 83.9 cm³/mol. The number of nitrogens with one attached hydrogen (secondary N) is 2. The van der Waals surface area contributed by atoms with E-state index in [4.69, 9.17) is 0 Å². The lowest BCUT2D eigenvalue weighted by atomic mass is 10.0. The van der Waals surface area contributed by atoms with Gasteiger partial charge in [-0.3, -0.25) is 0 Å². The number of hydrogen-bond donors (Lipinski definition) is 2. The van der Waals surface area contributed by atoms with E-state index in [1.807, 2.05) is 14.0 Å². The van der Waals surface area contributed by atoms with Crippen LogP contribution in [0.5, 0.6) is 0 Å². The summed E-state index contributed by atoms with van der Waals surface area (Å²) < 4.78 is 27.7. The molecule has 1 aliphatic rings. The van der Waals surface area contributed by atoms with Crippen LogP contribution in [0.25, 0.3) is 0 Å². The van der Waals surface area contributed by atoms with Gasteiger partial charge in [0.2, 0.25) is 10.0 Å². The summed E-state index contributed by atoms with van der Waals surface area (Å²) in [6.07, 6.45) is 4.97. The van der Waals surface area contributed by atoms with Gasteiger partial charge in [0.15, 0.2) is 0 Å². The highest BCUT2D eigenvalue weighted by molar-refractivity contribution is 7.89. The first-order valence-electron chi connectivity index (χ1n) is 7.43. The molecule has 0 saturated carbocycles. The van der Waals surface area contributed by atoms with Crippen LogP contribution < -0.4 is 10.0 Å². The molecule has 1 saturated heterocycles. The maximum atomic E-state index is 12.5. The van der Waals surface area contributed by atoms with Gasteiger partial charge in [0.05, 0.1) is 0 Å². The van der Waals surface area contributed by atoms with Crippen molar-refractivity contribution in [1.82, 2.24) is 14.6 Å². The van der Waals surface area contributed by atoms with E-state index in [0.29, 0.717) is 18.9 Å². The Kier molecular flexibility index (Phi) is 5.55. The molecule has 6 nitrogen and oxygen atoms in total. The average Bonchev–Trinajstić information content (AvgIpc) is 2.47. The molecule has 0 aromatic carbocycles. The van der Waals surface area contributed by atoms with Crippen molar-refractivity contribution in [1.29, 1.82) is 0 Å². The van der Waals surface area contributed by atoms with E-state index >= 15 is 0 Å². The molecule has 1 aliphatic heterocycles. The standard InChI is InChI=1S/C14H24N4O2S/c1-3-15-14-13(8-6-9-16-14)21(19,20)17-11-12-7-4-5-10-18(12)2/h6,8-9,12,17H,3-5,7,10-11H2,1-2H3,(H,15,16). The Labute approximate surface area is 127 Å². The van der Waals surface area contributed by atoms with Crippen LogP contribution in [0.1, 0.15) is 26.2 Å². The summed E-state index contributed by atoms with van der Waals surface area (Å²) in [5.41, 5.74) is 0. The van der Waals surface area contributed by atoms with E-state index in [-0.39, 0.29) is 10.9 Å². The molecule has 7 heteroatoms. The minimum absolute atomic E-state index is 0.213. The number of hydrogen-bond acceptors (Lipinski definition) is 5. The van der Waals surface area contributed by atoms with Crippen molar-refractivity contribution < 1.29 is 8.42 Å². The zero-order valence-electron chi connectivity index (χ0n) is 12.7. The molecule has 0 aliphatic carbocycles. The van der Waals surface area contributed by atoms with Gasteiger partial charge < -0.3 is 10.2 Å². The van der Waals surface area contributed by atoms with E-state index < -0.39 is 10.0 Å². The van der Waals surface area contributed by atoms with Gasteiger partial charge in [-0.15, -0.1) is 0 Å². The molecule has 118 valence electrons. The quantitative estimate of drug-likeness (QED) is 0.827. The summed E-state index contributed by atoms with van der Waals surface area (Å²) in [7, 11) is -1.49. The van der Waals surface area contributed by atoms with Crippen molar-refractivity contribution >= 4 is 15.8 Å². The summed E-state index contributed by atoms with van der Waals surface area (Å²) in [5, 5.41) is 2.99. The molecule has 0 bridgehead atoms. The van der Waals surface area contributed by atoms with Gasteiger partial charge >= 0.3 is 0 Å². The third kappa shape index (κ3) is 4.15. The van der Waals surface area contributed by atoms with Gasteiger partial charge in [-0.05, 0) is 45.5 Å². The summed E-state index contributed by atoms with van der Waals surface area (Å²) in [6, 6.07) is 3.49. The van der Waals surface area contributed by atoms with E-state index in [2.05, 4.69) is 19.9 Å². The fourth-order valence-electron chi connectivity index (χ4n) is 2.59. The van der Waals surface area contributed by atoms with Crippen molar-refractivity contribution in [3.05, 3.63) is 18.3 Å². The van der Waals surface area contributed by atoms with E-state index in [9.17, 15) is 8.42 Å². The fraction of sp³-hybridized carbons (Fsp3) is 0.643. The molecule has 2 N–H and O–H groups in total. The molecule has 2 heterocycles. The lowest BCUT2D eigenvalue weighted by Gasteiger charge is -2.32. The minimum Gasteiger partial charge on any atom is -0.369 e. The molecule has 1 atom stereocenters. The number of aromatic nitrogens is 1. The first-order valence-corrected chi connectivity index (χ1v) is 8.91. The van der Waals surface area contributed by atoms with Crippen LogP contribution in [-0.4, -0.2) is 51.0 Å². The van der Waals surface area contributed by atoms with Gasteiger partial charge in [-0.25, -0.2) is 18.1 Å². The highest BCUT2D eigenvalue weighted by Crippen LogP contribution is 2.19. The second kappa shape index (κ2) is 7.20. The molecule has 1 aromatic rings. The Balaban J connectivity index is 2.08. The first-order chi connectivity index (χ1) is 10.0. The monoisotopic (exact) mass is 312 g/mol. The highest BCUT2D eigenvalue weighted by Gasteiger charge is 2.23. The Morgan fingerprint density at radius 2 is 2.24 bits per heavy atom. The maximum absolute atomic E-state index is 12.5. The third-order valence-corrected chi connectivity index (χ3v) is 5.29. The molecular weight excluding hydrogens is 288 g/mol. The van der Waals surface area contributed by atoms with Crippen molar-refractivity contribution in [3.8, 4) is 0 Å². The van der Waals surface area contributed by atoms with Crippen LogP contribution >= 0.6 is 0 Å². The van der Waals surface area contributed by atoms with Crippen molar-refractivity contribution in [2.24, 2.45) is 0 Å². The molecule has 1 aromatic heterocycles. The third-order valence-electron chi connectivity index (χ3n) is 3.83. The second-order valence-electron chi connectivity index (χ2n) is 5.36. The fourth-order valence-corrected chi connectivity index (χ4v) is 3.80. The van der Waals surface area contributed by atoms with Crippen LogP contribution in [0.3, 0.4) is 0 Å². The smallest absolute Gasteiger partial charge is 0.244 e. The molecule has 0 spiro atoms. The average molecular weight is 312 g/mol. The van der Waals surface area contributed by atoms with Crippen LogP contribution in [0.15, 0.2) is 23.2 Å². The molecule has 0 radical (unpaired) electrons. The van der Waals surface area contributed by atoms with Crippen LogP contribution in [-0.2, 0) is 10.0 Å². The summed E-state index contributed by atoms with van der Waals surface area (Å²) in [4.78, 5) is 6.54. The highest BCUT2D eigenvalue weighted by atomic mass is 32.2. The first kappa shape index (κ1) is 16.2. The number of likely N-dealkylation sites (tertiary alicyclic amines) is 1. The van der Waals surface area contributed by atoms with Gasteiger partial charge in [-0.1, -0.05) is 6.42 Å². The lowest BCUT2D eigenvalue weighted by molar-refractivity contribution is 0.187. The topological polar surface area (TPSA) is 74.3 Å². The summed E-state index contributed by atoms with van der Waals surface area (Å²) in [5.74, 6) is 0.407. The molecule has 21 heavy (non-hydrogen) atoms. The number of pyridine rings is 1. The van der Waals surface area contributed by atoms with E-state index in [1.165, 1.54) is 6.42 Å². The predicted octanol–water partition coefficient (Wildman–Crippen LogP) is 1.28. The van der Waals surface area contributed by atoms with Gasteiger partial charge in [0.1, 0.15) is 10.7 Å². The number of nitrogens with zero attached hydrogens (tertiary/aromatic N) is 2. The number of sulfonamides is 1. The zero-order valence-corrected chi connectivity index (χ0v) is 13.5. The Bertz CT molecular complexity index is 562. The van der Waals surface area contributed by atoms with Crippen LogP contribution in [0.2, 0.25) is 0 Å². The van der Waals surface area contributed by atoms with Crippen molar-refractivity contribution in [2.75, 3.05) is 32.0 Å². The van der Waals surface area contributed by atoms with E-state index in [1.54, 1.807) is 18.3 Å². The number of anilines is 1. The van der Waals surface area contributed by atoms with Gasteiger partial charge in [0, 0.05) is 25.3 Å². The molecule has 2 rings (SSSR count). The van der Waals surface area contributed by atoms with Gasteiger partial charge in [-0.2, -0.15) is 0 Å². The van der Waals surface area contributed by atoms with Crippen molar-refractivity contribution in [2.45, 2.75) is 37.1 Å². The number of likely N-dealkylation sites (N-methyl/N-ethyl adjacent to an activating group) is 1. The van der Waals surface area contributed by atoms with Crippen LogP contribution in [0.4, 0.5) is 5.82 Å². The number of rotatable bonds is 6. The zero-order chi connectivity index (χ0) is 15.3. The lowest BCUT2D eigenvalue weighted by Crippen LogP contribution is -2.44. The van der Waals surface area contributed by atoms with E-state index in [0.717, 1.165) is 19.4 Å². The molecule has 1 unspecified atom stereocenters.